The maximum Gasteiger partial charge on any atom is 0.334 e. The van der Waals surface area contributed by atoms with Gasteiger partial charge in [-0.3, -0.25) is 0 Å². The fraction of sp³-hybridized carbons (Fsp3) is 0.765. The summed E-state index contributed by atoms with van der Waals surface area (Å²) in [5.74, 6) is -0.705. The van der Waals surface area contributed by atoms with Crippen LogP contribution in [0.5, 0.6) is 0 Å². The van der Waals surface area contributed by atoms with Crippen LogP contribution in [0.2, 0.25) is 0 Å². The van der Waals surface area contributed by atoms with Gasteiger partial charge in [0.05, 0.1) is 17.8 Å². The molecule has 0 aromatic carbocycles. The van der Waals surface area contributed by atoms with E-state index in [9.17, 15) is 14.7 Å². The van der Waals surface area contributed by atoms with Crippen molar-refractivity contribution in [3.05, 3.63) is 11.1 Å². The second kappa shape index (κ2) is 5.47. The summed E-state index contributed by atoms with van der Waals surface area (Å²) < 4.78 is 5.40. The number of fused-ring (bicyclic) bond motifs is 2. The highest BCUT2D eigenvalue weighted by molar-refractivity contribution is 6.01. The van der Waals surface area contributed by atoms with E-state index in [-0.39, 0.29) is 17.3 Å². The number of rotatable bonds is 3. The third-order valence-electron chi connectivity index (χ3n) is 5.01. The first-order valence-corrected chi connectivity index (χ1v) is 7.78. The lowest BCUT2D eigenvalue weighted by molar-refractivity contribution is -0.145. The molecule has 0 aromatic heterocycles. The first kappa shape index (κ1) is 16.1. The van der Waals surface area contributed by atoms with E-state index in [2.05, 4.69) is 13.8 Å². The van der Waals surface area contributed by atoms with Crippen molar-refractivity contribution in [3.63, 3.8) is 0 Å². The van der Waals surface area contributed by atoms with Crippen LogP contribution in [0.4, 0.5) is 0 Å². The number of carboxylic acid groups (broad SMARTS) is 1. The standard InChI is InChI=1S/C17H26O4/c1-9-10(2)12-7-6-11(9)13(15(18)19)14(12)16(20)21-8-17(3,4)5/h9-12H,6-8H2,1-5H3,(H,18,19). The lowest BCUT2D eigenvalue weighted by Crippen LogP contribution is -2.44. The Bertz CT molecular complexity index is 484. The summed E-state index contributed by atoms with van der Waals surface area (Å²) in [4.78, 5) is 24.1. The number of esters is 1. The lowest BCUT2D eigenvalue weighted by atomic mass is 9.57. The topological polar surface area (TPSA) is 63.6 Å². The smallest absolute Gasteiger partial charge is 0.334 e. The predicted octanol–water partition coefficient (Wildman–Crippen LogP) is 3.27. The summed E-state index contributed by atoms with van der Waals surface area (Å²) in [5, 5.41) is 9.55. The predicted molar refractivity (Wildman–Crippen MR) is 79.6 cm³/mol. The van der Waals surface area contributed by atoms with Crippen molar-refractivity contribution in [2.45, 2.75) is 47.5 Å². The summed E-state index contributed by atoms with van der Waals surface area (Å²) in [6.45, 7) is 10.5. The molecule has 4 heteroatoms. The summed E-state index contributed by atoms with van der Waals surface area (Å²) in [5.41, 5.74) is 0.635. The number of hydrogen-bond donors (Lipinski definition) is 1. The van der Waals surface area contributed by atoms with Crippen LogP contribution in [0.1, 0.15) is 47.5 Å². The van der Waals surface area contributed by atoms with Crippen LogP contribution in [-0.2, 0) is 14.3 Å². The average molecular weight is 294 g/mol. The molecule has 0 spiro atoms. The Hall–Kier alpha value is -1.32. The highest BCUT2D eigenvalue weighted by Crippen LogP contribution is 2.51. The minimum Gasteiger partial charge on any atom is -0.478 e. The molecule has 2 bridgehead atoms. The van der Waals surface area contributed by atoms with Crippen LogP contribution >= 0.6 is 0 Å². The van der Waals surface area contributed by atoms with Crippen LogP contribution in [-0.4, -0.2) is 23.7 Å². The molecule has 1 saturated carbocycles. The van der Waals surface area contributed by atoms with Crippen molar-refractivity contribution >= 4 is 11.9 Å². The quantitative estimate of drug-likeness (QED) is 0.811. The summed E-state index contributed by atoms with van der Waals surface area (Å²) in [7, 11) is 0. The number of aliphatic carboxylic acids is 1. The fourth-order valence-electron chi connectivity index (χ4n) is 3.73. The van der Waals surface area contributed by atoms with Crippen LogP contribution < -0.4 is 0 Å². The van der Waals surface area contributed by atoms with Crippen molar-refractivity contribution in [1.29, 1.82) is 0 Å². The molecule has 1 N–H and O–H groups in total. The molecule has 1 fully saturated rings. The SMILES string of the molecule is CC1C2CCC(C(C(=O)OCC(C)(C)C)=C2C(=O)O)C1C. The molecule has 0 amide bonds. The van der Waals surface area contributed by atoms with Crippen molar-refractivity contribution in [3.8, 4) is 0 Å². The van der Waals surface area contributed by atoms with Gasteiger partial charge in [0.15, 0.2) is 0 Å². The van der Waals surface area contributed by atoms with E-state index in [4.69, 9.17) is 4.74 Å². The number of carboxylic acids is 1. The number of ether oxygens (including phenoxy) is 1. The first-order chi connectivity index (χ1) is 9.63. The maximum atomic E-state index is 12.5. The van der Waals surface area contributed by atoms with Gasteiger partial charge in [-0.15, -0.1) is 0 Å². The van der Waals surface area contributed by atoms with Crippen LogP contribution in [0.15, 0.2) is 11.1 Å². The van der Waals surface area contributed by atoms with E-state index in [1.807, 2.05) is 20.8 Å². The highest BCUT2D eigenvalue weighted by Gasteiger charge is 2.49. The van der Waals surface area contributed by atoms with Gasteiger partial charge in [0, 0.05) is 0 Å². The zero-order chi connectivity index (χ0) is 15.9. The van der Waals surface area contributed by atoms with E-state index in [1.54, 1.807) is 0 Å². The molecule has 0 heterocycles. The monoisotopic (exact) mass is 294 g/mol. The van der Waals surface area contributed by atoms with Crippen LogP contribution in [0.3, 0.4) is 0 Å². The second-order valence-corrected chi connectivity index (χ2v) is 7.78. The van der Waals surface area contributed by atoms with E-state index in [0.29, 0.717) is 29.6 Å². The second-order valence-electron chi connectivity index (χ2n) is 7.78. The number of carbonyl (C=O) groups is 2. The lowest BCUT2D eigenvalue weighted by Gasteiger charge is -2.46. The minimum absolute atomic E-state index is 0.0142. The Labute approximate surface area is 126 Å². The molecular formula is C17H26O4. The van der Waals surface area contributed by atoms with Gasteiger partial charge in [-0.2, -0.15) is 0 Å². The van der Waals surface area contributed by atoms with E-state index >= 15 is 0 Å². The molecule has 3 aliphatic carbocycles. The Morgan fingerprint density at radius 2 is 1.57 bits per heavy atom. The third kappa shape index (κ3) is 2.99. The van der Waals surface area contributed by atoms with Gasteiger partial charge in [-0.25, -0.2) is 9.59 Å². The van der Waals surface area contributed by atoms with E-state index in [1.165, 1.54) is 0 Å². The Morgan fingerprint density at radius 1 is 1.10 bits per heavy atom. The largest absolute Gasteiger partial charge is 0.478 e. The normalized spacial score (nSPS) is 32.2. The molecule has 3 aliphatic rings. The van der Waals surface area contributed by atoms with Gasteiger partial charge in [-0.05, 0) is 41.9 Å². The number of carbonyl (C=O) groups excluding carboxylic acids is 1. The summed E-state index contributed by atoms with van der Waals surface area (Å²) in [6, 6.07) is 0. The van der Waals surface area contributed by atoms with Gasteiger partial charge in [0.25, 0.3) is 0 Å². The van der Waals surface area contributed by atoms with Gasteiger partial charge >= 0.3 is 11.9 Å². The molecule has 0 radical (unpaired) electrons. The van der Waals surface area contributed by atoms with Gasteiger partial charge in [-0.1, -0.05) is 34.6 Å². The average Bonchev–Trinajstić information content (AvgIpc) is 2.39. The summed E-state index contributed by atoms with van der Waals surface area (Å²) in [6.07, 6.45) is 1.76. The molecule has 0 saturated heterocycles. The van der Waals surface area contributed by atoms with Gasteiger partial charge < -0.3 is 9.84 Å². The fourth-order valence-corrected chi connectivity index (χ4v) is 3.73. The summed E-state index contributed by atoms with van der Waals surface area (Å²) >= 11 is 0. The van der Waals surface area contributed by atoms with E-state index in [0.717, 1.165) is 12.8 Å². The van der Waals surface area contributed by atoms with Crippen LogP contribution in [0.25, 0.3) is 0 Å². The molecule has 0 aromatic rings. The molecular weight excluding hydrogens is 268 g/mol. The van der Waals surface area contributed by atoms with Crippen molar-refractivity contribution in [2.24, 2.45) is 29.1 Å². The van der Waals surface area contributed by atoms with Crippen LogP contribution in [0, 0.1) is 29.1 Å². The minimum atomic E-state index is -0.953. The third-order valence-corrected chi connectivity index (χ3v) is 5.01. The maximum absolute atomic E-state index is 12.5. The van der Waals surface area contributed by atoms with Gasteiger partial charge in [0.1, 0.15) is 0 Å². The van der Waals surface area contributed by atoms with Crippen molar-refractivity contribution < 1.29 is 19.4 Å². The van der Waals surface area contributed by atoms with Gasteiger partial charge in [0.2, 0.25) is 0 Å². The molecule has 0 aliphatic heterocycles. The van der Waals surface area contributed by atoms with Crippen molar-refractivity contribution in [2.75, 3.05) is 6.61 Å². The van der Waals surface area contributed by atoms with Crippen molar-refractivity contribution in [1.82, 2.24) is 0 Å². The molecule has 3 rings (SSSR count). The first-order valence-electron chi connectivity index (χ1n) is 7.78. The zero-order valence-electron chi connectivity index (χ0n) is 13.6. The Morgan fingerprint density at radius 3 is 2.00 bits per heavy atom. The molecule has 4 nitrogen and oxygen atoms in total. The molecule has 21 heavy (non-hydrogen) atoms. The Kier molecular flexibility index (Phi) is 4.18. The molecule has 4 unspecified atom stereocenters. The molecule has 118 valence electrons. The number of hydrogen-bond acceptors (Lipinski definition) is 3. The highest BCUT2D eigenvalue weighted by atomic mass is 16.5. The Balaban J connectivity index is 2.33. The molecule has 4 atom stereocenters. The zero-order valence-corrected chi connectivity index (χ0v) is 13.6. The van der Waals surface area contributed by atoms with E-state index < -0.39 is 11.9 Å².